The molecule has 0 aliphatic rings. The maximum absolute atomic E-state index is 5.71. The van der Waals surface area contributed by atoms with E-state index in [9.17, 15) is 0 Å². The summed E-state index contributed by atoms with van der Waals surface area (Å²) in [7, 11) is 0. The quantitative estimate of drug-likeness (QED) is 0.342. The second kappa shape index (κ2) is 7.46. The number of ether oxygens (including phenoxy) is 1. The second-order valence-electron chi connectivity index (χ2n) is 3.77. The summed E-state index contributed by atoms with van der Waals surface area (Å²) >= 11 is 0. The molecule has 0 radical (unpaired) electrons. The normalized spacial score (nSPS) is 11.2. The second-order valence-corrected chi connectivity index (χ2v) is 3.77. The van der Waals surface area contributed by atoms with Gasteiger partial charge in [0.2, 0.25) is 0 Å². The lowest BCUT2D eigenvalue weighted by Crippen LogP contribution is -2.23. The molecule has 0 aliphatic heterocycles. The van der Waals surface area contributed by atoms with Gasteiger partial charge in [-0.3, -0.25) is 4.99 Å². The van der Waals surface area contributed by atoms with Gasteiger partial charge >= 0.3 is 0 Å². The summed E-state index contributed by atoms with van der Waals surface area (Å²) in [5.41, 5.74) is 7.64. The molecule has 0 spiro atoms. The van der Waals surface area contributed by atoms with Gasteiger partial charge < -0.3 is 15.8 Å². The van der Waals surface area contributed by atoms with E-state index in [1.165, 1.54) is 0 Å². The van der Waals surface area contributed by atoms with Crippen LogP contribution in [-0.2, 0) is 4.74 Å². The summed E-state index contributed by atoms with van der Waals surface area (Å²) < 4.78 is 5.31. The van der Waals surface area contributed by atoms with Gasteiger partial charge in [0, 0.05) is 5.69 Å². The van der Waals surface area contributed by atoms with Crippen molar-refractivity contribution in [1.82, 2.24) is 0 Å². The zero-order valence-corrected chi connectivity index (χ0v) is 10.1. The third-order valence-electron chi connectivity index (χ3n) is 1.91. The first-order valence-electron chi connectivity index (χ1n) is 5.52. The monoisotopic (exact) mass is 233 g/mol. The molecule has 1 aromatic rings. The van der Waals surface area contributed by atoms with Gasteiger partial charge in [0.1, 0.15) is 0 Å². The van der Waals surface area contributed by atoms with Gasteiger partial charge in [-0.05, 0) is 19.1 Å². The Morgan fingerprint density at radius 1 is 1.41 bits per heavy atom. The Bertz CT molecular complexity index is 374. The molecule has 0 bridgehead atoms. The van der Waals surface area contributed by atoms with Gasteiger partial charge in [0.05, 0.1) is 19.8 Å². The Kier molecular flexibility index (Phi) is 5.82. The largest absolute Gasteiger partial charge is 0.375 e. The number of nitrogens with zero attached hydrogens (tertiary/aromatic N) is 1. The SMILES string of the molecule is C=C(C)COCCN=C(N)Nc1ccccc1. The molecule has 4 nitrogen and oxygen atoms in total. The molecule has 0 amide bonds. The van der Waals surface area contributed by atoms with Gasteiger partial charge in [-0.2, -0.15) is 0 Å². The highest BCUT2D eigenvalue weighted by Crippen LogP contribution is 2.03. The molecule has 17 heavy (non-hydrogen) atoms. The number of para-hydroxylation sites is 1. The van der Waals surface area contributed by atoms with Crippen molar-refractivity contribution in [1.29, 1.82) is 0 Å². The number of nitrogens with one attached hydrogen (secondary N) is 1. The number of rotatable bonds is 6. The van der Waals surface area contributed by atoms with Crippen molar-refractivity contribution in [3.63, 3.8) is 0 Å². The van der Waals surface area contributed by atoms with Gasteiger partial charge in [-0.15, -0.1) is 0 Å². The van der Waals surface area contributed by atoms with Crippen LogP contribution in [0.4, 0.5) is 5.69 Å². The van der Waals surface area contributed by atoms with E-state index in [0.29, 0.717) is 25.7 Å². The van der Waals surface area contributed by atoms with Crippen LogP contribution in [0.25, 0.3) is 0 Å². The molecule has 0 fully saturated rings. The molecule has 1 rings (SSSR count). The smallest absolute Gasteiger partial charge is 0.193 e. The lowest BCUT2D eigenvalue weighted by atomic mass is 10.3. The molecule has 0 atom stereocenters. The van der Waals surface area contributed by atoms with E-state index in [1.54, 1.807) is 0 Å². The first kappa shape index (κ1) is 13.3. The minimum atomic E-state index is 0.398. The van der Waals surface area contributed by atoms with Crippen molar-refractivity contribution >= 4 is 11.6 Å². The Labute approximate surface area is 102 Å². The Morgan fingerprint density at radius 2 is 2.12 bits per heavy atom. The highest BCUT2D eigenvalue weighted by molar-refractivity contribution is 5.92. The molecule has 0 aliphatic carbocycles. The first-order chi connectivity index (χ1) is 8.18. The highest BCUT2D eigenvalue weighted by Gasteiger charge is 1.93. The van der Waals surface area contributed by atoms with Crippen molar-refractivity contribution in [2.45, 2.75) is 6.92 Å². The summed E-state index contributed by atoms with van der Waals surface area (Å²) in [6, 6.07) is 9.68. The molecule has 0 saturated heterocycles. The van der Waals surface area contributed by atoms with Crippen LogP contribution in [0.1, 0.15) is 6.92 Å². The van der Waals surface area contributed by atoms with E-state index in [1.807, 2.05) is 37.3 Å². The zero-order valence-electron chi connectivity index (χ0n) is 10.1. The van der Waals surface area contributed by atoms with E-state index in [2.05, 4.69) is 16.9 Å². The van der Waals surface area contributed by atoms with Crippen LogP contribution in [0.15, 0.2) is 47.5 Å². The molecule has 1 aromatic carbocycles. The van der Waals surface area contributed by atoms with Crippen LogP contribution < -0.4 is 11.1 Å². The van der Waals surface area contributed by atoms with Crippen LogP contribution in [0, 0.1) is 0 Å². The average molecular weight is 233 g/mol. The summed E-state index contributed by atoms with van der Waals surface area (Å²) in [5.74, 6) is 0.398. The average Bonchev–Trinajstić information content (AvgIpc) is 2.29. The lowest BCUT2D eigenvalue weighted by Gasteiger charge is -2.05. The van der Waals surface area contributed by atoms with E-state index >= 15 is 0 Å². The van der Waals surface area contributed by atoms with E-state index in [4.69, 9.17) is 10.5 Å². The molecule has 0 heterocycles. The van der Waals surface area contributed by atoms with Gasteiger partial charge in [-0.25, -0.2) is 0 Å². The number of nitrogens with two attached hydrogens (primary N) is 1. The molecular weight excluding hydrogens is 214 g/mol. The summed E-state index contributed by atoms with van der Waals surface area (Å²) in [5, 5.41) is 3.00. The summed E-state index contributed by atoms with van der Waals surface area (Å²) in [4.78, 5) is 4.14. The number of guanidine groups is 1. The van der Waals surface area contributed by atoms with Crippen LogP contribution >= 0.6 is 0 Å². The zero-order chi connectivity index (χ0) is 12.5. The number of hydrogen-bond acceptors (Lipinski definition) is 2. The molecule has 4 heteroatoms. The van der Waals surface area contributed by atoms with Crippen molar-refractivity contribution in [2.75, 3.05) is 25.1 Å². The number of benzene rings is 1. The number of hydrogen-bond donors (Lipinski definition) is 2. The van der Waals surface area contributed by atoms with Crippen LogP contribution in [0.2, 0.25) is 0 Å². The molecule has 92 valence electrons. The lowest BCUT2D eigenvalue weighted by molar-refractivity contribution is 0.165. The Morgan fingerprint density at radius 3 is 2.76 bits per heavy atom. The number of anilines is 1. The fourth-order valence-electron chi connectivity index (χ4n) is 1.19. The molecule has 0 aromatic heterocycles. The van der Waals surface area contributed by atoms with Crippen LogP contribution in [0.5, 0.6) is 0 Å². The van der Waals surface area contributed by atoms with Crippen molar-refractivity contribution in [2.24, 2.45) is 10.7 Å². The minimum Gasteiger partial charge on any atom is -0.375 e. The van der Waals surface area contributed by atoms with Crippen molar-refractivity contribution in [3.05, 3.63) is 42.5 Å². The van der Waals surface area contributed by atoms with E-state index < -0.39 is 0 Å². The fraction of sp³-hybridized carbons (Fsp3) is 0.308. The standard InChI is InChI=1S/C13H19N3O/c1-11(2)10-17-9-8-15-13(14)16-12-6-4-3-5-7-12/h3-7H,1,8-10H2,2H3,(H3,14,15,16). The highest BCUT2D eigenvalue weighted by atomic mass is 16.5. The van der Waals surface area contributed by atoms with Crippen molar-refractivity contribution < 1.29 is 4.74 Å². The first-order valence-corrected chi connectivity index (χ1v) is 5.52. The summed E-state index contributed by atoms with van der Waals surface area (Å²) in [6.45, 7) is 7.33. The molecule has 0 saturated carbocycles. The fourth-order valence-corrected chi connectivity index (χ4v) is 1.19. The predicted octanol–water partition coefficient (Wildman–Crippen LogP) is 2.01. The molecule has 3 N–H and O–H groups in total. The van der Waals surface area contributed by atoms with Gasteiger partial charge in [-0.1, -0.05) is 30.4 Å². The molecule has 0 unspecified atom stereocenters. The van der Waals surface area contributed by atoms with Crippen molar-refractivity contribution in [3.8, 4) is 0 Å². The third-order valence-corrected chi connectivity index (χ3v) is 1.91. The maximum atomic E-state index is 5.71. The van der Waals surface area contributed by atoms with Gasteiger partial charge in [0.25, 0.3) is 0 Å². The topological polar surface area (TPSA) is 59.6 Å². The predicted molar refractivity (Wildman–Crippen MR) is 72.2 cm³/mol. The Balaban J connectivity index is 2.23. The van der Waals surface area contributed by atoms with E-state index in [-0.39, 0.29) is 0 Å². The minimum absolute atomic E-state index is 0.398. The van der Waals surface area contributed by atoms with E-state index in [0.717, 1.165) is 11.3 Å². The van der Waals surface area contributed by atoms with Crippen LogP contribution in [-0.4, -0.2) is 25.7 Å². The molecular formula is C13H19N3O. The maximum Gasteiger partial charge on any atom is 0.193 e. The van der Waals surface area contributed by atoms with Crippen LogP contribution in [0.3, 0.4) is 0 Å². The summed E-state index contributed by atoms with van der Waals surface area (Å²) in [6.07, 6.45) is 0. The third kappa shape index (κ3) is 6.37. The van der Waals surface area contributed by atoms with Gasteiger partial charge in [0.15, 0.2) is 5.96 Å². The Hall–Kier alpha value is -1.81. The number of aliphatic imine (C=N–C) groups is 1.